The van der Waals surface area contributed by atoms with Gasteiger partial charge in [-0.2, -0.15) is 13.2 Å². The predicted molar refractivity (Wildman–Crippen MR) is 46.6 cm³/mol. The van der Waals surface area contributed by atoms with Gasteiger partial charge in [0.15, 0.2) is 0 Å². The quantitative estimate of drug-likeness (QED) is 0.736. The second kappa shape index (κ2) is 2.88. The number of H-pyrrole nitrogens is 1. The maximum absolute atomic E-state index is 12.5. The summed E-state index contributed by atoms with van der Waals surface area (Å²) in [7, 11) is 0. The topological polar surface area (TPSA) is 46.0 Å². The van der Waals surface area contributed by atoms with Crippen molar-refractivity contribution in [2.24, 2.45) is 0 Å². The van der Waals surface area contributed by atoms with Crippen LogP contribution in [0.15, 0.2) is 21.5 Å². The number of aromatic nitrogens is 1. The average Bonchev–Trinajstić information content (AvgIpc) is 2.45. The molecule has 80 valence electrons. The van der Waals surface area contributed by atoms with E-state index in [4.69, 9.17) is 0 Å². The molecule has 0 fully saturated rings. The molecule has 15 heavy (non-hydrogen) atoms. The molecule has 6 heteroatoms. The summed E-state index contributed by atoms with van der Waals surface area (Å²) in [6, 6.07) is 1.33. The molecule has 0 atom stereocenters. The van der Waals surface area contributed by atoms with Crippen LogP contribution < -0.4 is 5.63 Å². The fourth-order valence-electron chi connectivity index (χ4n) is 1.41. The van der Waals surface area contributed by atoms with Gasteiger partial charge < -0.3 is 9.40 Å². The van der Waals surface area contributed by atoms with Crippen molar-refractivity contribution < 1.29 is 17.6 Å². The third-order valence-electron chi connectivity index (χ3n) is 2.03. The summed E-state index contributed by atoms with van der Waals surface area (Å²) in [4.78, 5) is 13.6. The number of nitrogens with one attached hydrogen (secondary N) is 1. The van der Waals surface area contributed by atoms with Crippen LogP contribution in [0.5, 0.6) is 0 Å². The Bertz CT molecular complexity index is 565. The second-order valence-electron chi connectivity index (χ2n) is 3.18. The molecule has 2 aromatic heterocycles. The molecule has 2 rings (SSSR count). The van der Waals surface area contributed by atoms with E-state index in [9.17, 15) is 18.0 Å². The zero-order chi connectivity index (χ0) is 11.2. The number of rotatable bonds is 0. The van der Waals surface area contributed by atoms with E-state index in [0.29, 0.717) is 12.0 Å². The van der Waals surface area contributed by atoms with Crippen LogP contribution in [0.4, 0.5) is 13.2 Å². The van der Waals surface area contributed by atoms with E-state index in [2.05, 4.69) is 9.40 Å². The van der Waals surface area contributed by atoms with E-state index < -0.39 is 17.4 Å². The van der Waals surface area contributed by atoms with Crippen LogP contribution in [0.25, 0.3) is 10.9 Å². The SMILES string of the molecule is Cc1cc2c(=O)occ(C(F)(F)F)c2[nH]1. The fraction of sp³-hybridized carbons (Fsp3) is 0.222. The Morgan fingerprint density at radius 1 is 1.40 bits per heavy atom. The van der Waals surface area contributed by atoms with Gasteiger partial charge in [0.1, 0.15) is 11.8 Å². The molecule has 0 aromatic carbocycles. The molecule has 0 unspecified atom stereocenters. The van der Waals surface area contributed by atoms with Crippen LogP contribution in [-0.2, 0) is 6.18 Å². The van der Waals surface area contributed by atoms with Gasteiger partial charge in [0, 0.05) is 5.69 Å². The molecule has 0 radical (unpaired) electrons. The van der Waals surface area contributed by atoms with Crippen LogP contribution in [0.2, 0.25) is 0 Å². The lowest BCUT2D eigenvalue weighted by atomic mass is 10.2. The summed E-state index contributed by atoms with van der Waals surface area (Å²) in [6.07, 6.45) is -4.10. The molecular formula is C9H6F3NO2. The van der Waals surface area contributed by atoms with Crippen LogP contribution in [0, 0.1) is 6.92 Å². The number of hydrogen-bond acceptors (Lipinski definition) is 2. The molecule has 0 aliphatic carbocycles. The van der Waals surface area contributed by atoms with Crippen molar-refractivity contribution in [3.63, 3.8) is 0 Å². The molecule has 0 amide bonds. The summed E-state index contributed by atoms with van der Waals surface area (Å²) in [5.74, 6) is 0. The zero-order valence-electron chi connectivity index (χ0n) is 7.61. The highest BCUT2D eigenvalue weighted by molar-refractivity contribution is 5.82. The largest absolute Gasteiger partial charge is 0.430 e. The standard InChI is InChI=1S/C9H6F3NO2/c1-4-2-5-7(13-4)6(9(10,11)12)3-15-8(5)14/h2-3,13H,1H3. The average molecular weight is 217 g/mol. The first-order valence-corrected chi connectivity index (χ1v) is 4.08. The smallest absolute Gasteiger partial charge is 0.421 e. The van der Waals surface area contributed by atoms with Crippen molar-refractivity contribution in [2.45, 2.75) is 13.1 Å². The van der Waals surface area contributed by atoms with Gasteiger partial charge >= 0.3 is 11.8 Å². The van der Waals surface area contributed by atoms with Crippen LogP contribution in [0.1, 0.15) is 11.3 Å². The fourth-order valence-corrected chi connectivity index (χ4v) is 1.41. The van der Waals surface area contributed by atoms with E-state index in [1.54, 1.807) is 6.92 Å². The minimum atomic E-state index is -4.53. The first-order valence-electron chi connectivity index (χ1n) is 4.08. The number of halogens is 3. The maximum atomic E-state index is 12.5. The van der Waals surface area contributed by atoms with Gasteiger partial charge in [0.2, 0.25) is 0 Å². The van der Waals surface area contributed by atoms with E-state index in [1.165, 1.54) is 6.07 Å². The van der Waals surface area contributed by atoms with Gasteiger partial charge in [-0.15, -0.1) is 0 Å². The predicted octanol–water partition coefficient (Wildman–Crippen LogP) is 2.45. The number of aryl methyl sites for hydroxylation is 1. The van der Waals surface area contributed by atoms with Crippen molar-refractivity contribution in [3.05, 3.63) is 34.0 Å². The number of alkyl halides is 3. The highest BCUT2D eigenvalue weighted by atomic mass is 19.4. The first-order chi connectivity index (χ1) is 6.89. The third kappa shape index (κ3) is 1.51. The molecule has 0 saturated carbocycles. The van der Waals surface area contributed by atoms with Gasteiger partial charge in [-0.3, -0.25) is 0 Å². The number of aromatic amines is 1. The summed E-state index contributed by atoms with van der Waals surface area (Å²) in [5, 5.41) is -0.0812. The van der Waals surface area contributed by atoms with Crippen molar-refractivity contribution in [3.8, 4) is 0 Å². The lowest BCUT2D eigenvalue weighted by Crippen LogP contribution is -2.09. The van der Waals surface area contributed by atoms with Crippen molar-refractivity contribution in [1.82, 2.24) is 4.98 Å². The molecule has 2 heterocycles. The number of fused-ring (bicyclic) bond motifs is 1. The van der Waals surface area contributed by atoms with E-state index in [1.807, 2.05) is 0 Å². The Morgan fingerprint density at radius 2 is 2.07 bits per heavy atom. The highest BCUT2D eigenvalue weighted by Crippen LogP contribution is 2.33. The Morgan fingerprint density at radius 3 is 2.67 bits per heavy atom. The molecule has 0 spiro atoms. The molecule has 0 aliphatic rings. The van der Waals surface area contributed by atoms with Crippen LogP contribution in [-0.4, -0.2) is 4.98 Å². The minimum absolute atomic E-state index is 0.0812. The van der Waals surface area contributed by atoms with Gasteiger partial charge in [-0.05, 0) is 13.0 Å². The molecule has 0 saturated heterocycles. The molecular weight excluding hydrogens is 211 g/mol. The third-order valence-corrected chi connectivity index (χ3v) is 2.03. The first kappa shape index (κ1) is 9.82. The summed E-state index contributed by atoms with van der Waals surface area (Å²) in [6.45, 7) is 1.57. The molecule has 3 nitrogen and oxygen atoms in total. The normalized spacial score (nSPS) is 12.3. The van der Waals surface area contributed by atoms with Gasteiger partial charge in [0.05, 0.1) is 10.9 Å². The van der Waals surface area contributed by atoms with Crippen molar-refractivity contribution in [1.29, 1.82) is 0 Å². The van der Waals surface area contributed by atoms with Crippen LogP contribution >= 0.6 is 0 Å². The lowest BCUT2D eigenvalue weighted by molar-refractivity contribution is -0.137. The Labute approximate surface area is 81.5 Å². The van der Waals surface area contributed by atoms with Crippen molar-refractivity contribution >= 4 is 10.9 Å². The molecule has 0 aliphatic heterocycles. The maximum Gasteiger partial charge on any atom is 0.421 e. The van der Waals surface area contributed by atoms with Crippen LogP contribution in [0.3, 0.4) is 0 Å². The summed E-state index contributed by atoms with van der Waals surface area (Å²) < 4.78 is 41.7. The van der Waals surface area contributed by atoms with Gasteiger partial charge in [-0.25, -0.2) is 4.79 Å². The Hall–Kier alpha value is -1.72. The summed E-state index contributed by atoms with van der Waals surface area (Å²) >= 11 is 0. The van der Waals surface area contributed by atoms with Gasteiger partial charge in [-0.1, -0.05) is 0 Å². The Kier molecular flexibility index (Phi) is 1.89. The lowest BCUT2D eigenvalue weighted by Gasteiger charge is -2.05. The van der Waals surface area contributed by atoms with Gasteiger partial charge in [0.25, 0.3) is 0 Å². The highest BCUT2D eigenvalue weighted by Gasteiger charge is 2.34. The zero-order valence-corrected chi connectivity index (χ0v) is 7.61. The summed E-state index contributed by atoms with van der Waals surface area (Å²) in [5.41, 5.74) is -1.49. The monoisotopic (exact) mass is 217 g/mol. The number of hydrogen-bond donors (Lipinski definition) is 1. The second-order valence-corrected chi connectivity index (χ2v) is 3.18. The van der Waals surface area contributed by atoms with E-state index in [0.717, 1.165) is 0 Å². The van der Waals surface area contributed by atoms with Crippen molar-refractivity contribution in [2.75, 3.05) is 0 Å². The van der Waals surface area contributed by atoms with E-state index in [-0.39, 0.29) is 10.9 Å². The molecule has 1 N–H and O–H groups in total. The van der Waals surface area contributed by atoms with E-state index >= 15 is 0 Å². The molecule has 2 aromatic rings. The minimum Gasteiger partial charge on any atom is -0.430 e. The molecule has 0 bridgehead atoms. The Balaban J connectivity index is 2.89.